The van der Waals surface area contributed by atoms with Crippen LogP contribution >= 0.6 is 0 Å². The minimum absolute atomic E-state index is 0.151. The second-order valence-electron chi connectivity index (χ2n) is 5.06. The third kappa shape index (κ3) is 9.68. The molecule has 2 N–H and O–H groups in total. The highest BCUT2D eigenvalue weighted by molar-refractivity contribution is 7.89. The third-order valence-electron chi connectivity index (χ3n) is 3.33. The smallest absolute Gasteiger partial charge is 0.213 e. The normalized spacial score (nSPS) is 12.7. The molecule has 0 aromatic rings. The van der Waals surface area contributed by atoms with E-state index in [4.69, 9.17) is 0 Å². The van der Waals surface area contributed by atoms with Crippen molar-refractivity contribution in [2.45, 2.75) is 46.0 Å². The van der Waals surface area contributed by atoms with Gasteiger partial charge in [0.25, 0.3) is 0 Å². The van der Waals surface area contributed by atoms with Crippen molar-refractivity contribution in [2.24, 2.45) is 4.99 Å². The van der Waals surface area contributed by atoms with Crippen LogP contribution in [0.15, 0.2) is 4.99 Å². The van der Waals surface area contributed by atoms with Crippen LogP contribution in [0.1, 0.15) is 46.0 Å². The Hall–Kier alpha value is -0.820. The average molecular weight is 321 g/mol. The Morgan fingerprint density at radius 3 is 2.19 bits per heavy atom. The van der Waals surface area contributed by atoms with Crippen LogP contribution in [0.3, 0.4) is 0 Å². The van der Waals surface area contributed by atoms with E-state index >= 15 is 0 Å². The predicted octanol–water partition coefficient (Wildman–Crippen LogP) is 1.40. The molecule has 0 bridgehead atoms. The Balaban J connectivity index is 3.78. The lowest BCUT2D eigenvalue weighted by Gasteiger charge is -2.16. The van der Waals surface area contributed by atoms with Crippen molar-refractivity contribution >= 4 is 16.0 Å². The maximum absolute atomic E-state index is 11.6. The van der Waals surface area contributed by atoms with Gasteiger partial charge >= 0.3 is 0 Å². The van der Waals surface area contributed by atoms with E-state index in [1.54, 1.807) is 21.0 Å². The van der Waals surface area contributed by atoms with Gasteiger partial charge in [-0.25, -0.2) is 12.7 Å². The van der Waals surface area contributed by atoms with Crippen molar-refractivity contribution in [3.63, 3.8) is 0 Å². The van der Waals surface area contributed by atoms with E-state index in [9.17, 15) is 8.42 Å². The van der Waals surface area contributed by atoms with Crippen molar-refractivity contribution in [3.05, 3.63) is 0 Å². The summed E-state index contributed by atoms with van der Waals surface area (Å²) in [6, 6.07) is 0. The van der Waals surface area contributed by atoms with Gasteiger partial charge in [-0.1, -0.05) is 26.2 Å². The number of sulfonamides is 1. The van der Waals surface area contributed by atoms with Gasteiger partial charge < -0.3 is 10.6 Å². The molecule has 0 rings (SSSR count). The minimum atomic E-state index is -3.07. The summed E-state index contributed by atoms with van der Waals surface area (Å²) in [5.41, 5.74) is 0. The maximum atomic E-state index is 11.6. The van der Waals surface area contributed by atoms with Crippen LogP contribution < -0.4 is 10.6 Å². The summed E-state index contributed by atoms with van der Waals surface area (Å²) >= 11 is 0. The SMILES string of the molecule is CCCCCCNC(=NC)NCCCN(C)S(=O)(=O)CC. The van der Waals surface area contributed by atoms with E-state index < -0.39 is 10.0 Å². The van der Waals surface area contributed by atoms with Crippen molar-refractivity contribution in [2.75, 3.05) is 39.5 Å². The molecule has 0 aromatic heterocycles. The summed E-state index contributed by atoms with van der Waals surface area (Å²) < 4.78 is 24.6. The molecule has 0 aliphatic rings. The molecule has 6 nitrogen and oxygen atoms in total. The van der Waals surface area contributed by atoms with Crippen LogP contribution in [-0.2, 0) is 10.0 Å². The van der Waals surface area contributed by atoms with Gasteiger partial charge in [0.1, 0.15) is 0 Å². The lowest BCUT2D eigenvalue weighted by atomic mass is 10.2. The van der Waals surface area contributed by atoms with Crippen LogP contribution in [0.4, 0.5) is 0 Å². The molecule has 0 unspecified atom stereocenters. The molecule has 0 heterocycles. The predicted molar refractivity (Wildman–Crippen MR) is 90.2 cm³/mol. The molecule has 0 saturated heterocycles. The molecule has 0 radical (unpaired) electrons. The molecule has 0 aromatic carbocycles. The first-order valence-electron chi connectivity index (χ1n) is 7.86. The Bertz CT molecular complexity index is 382. The van der Waals surface area contributed by atoms with Crippen molar-refractivity contribution in [1.82, 2.24) is 14.9 Å². The number of hydrogen-bond donors (Lipinski definition) is 2. The van der Waals surface area contributed by atoms with Gasteiger partial charge in [-0.2, -0.15) is 0 Å². The van der Waals surface area contributed by atoms with Crippen molar-refractivity contribution in [1.29, 1.82) is 0 Å². The molecule has 0 fully saturated rings. The molecule has 0 aliphatic carbocycles. The zero-order chi connectivity index (χ0) is 16.1. The van der Waals surface area contributed by atoms with Crippen molar-refractivity contribution in [3.8, 4) is 0 Å². The van der Waals surface area contributed by atoms with Crippen LogP contribution in [0.2, 0.25) is 0 Å². The highest BCUT2D eigenvalue weighted by atomic mass is 32.2. The summed E-state index contributed by atoms with van der Waals surface area (Å²) in [7, 11) is 0.302. The fourth-order valence-corrected chi connectivity index (χ4v) is 2.70. The molecule has 0 spiro atoms. The molecule has 126 valence electrons. The van der Waals surface area contributed by atoms with Gasteiger partial charge in [0.15, 0.2) is 5.96 Å². The molecular weight excluding hydrogens is 288 g/mol. The van der Waals surface area contributed by atoms with Crippen LogP contribution in [0.25, 0.3) is 0 Å². The number of rotatable bonds is 11. The van der Waals surface area contributed by atoms with Crippen LogP contribution in [0, 0.1) is 0 Å². The van der Waals surface area contributed by atoms with Gasteiger partial charge in [0.2, 0.25) is 10.0 Å². The highest BCUT2D eigenvalue weighted by Gasteiger charge is 2.13. The van der Waals surface area contributed by atoms with Gasteiger partial charge in [-0.15, -0.1) is 0 Å². The maximum Gasteiger partial charge on any atom is 0.213 e. The minimum Gasteiger partial charge on any atom is -0.356 e. The van der Waals surface area contributed by atoms with Gasteiger partial charge in [0.05, 0.1) is 5.75 Å². The van der Waals surface area contributed by atoms with E-state index in [2.05, 4.69) is 22.5 Å². The largest absolute Gasteiger partial charge is 0.356 e. The van der Waals surface area contributed by atoms with E-state index in [-0.39, 0.29) is 5.75 Å². The van der Waals surface area contributed by atoms with Crippen molar-refractivity contribution < 1.29 is 8.42 Å². The first kappa shape index (κ1) is 20.2. The summed E-state index contributed by atoms with van der Waals surface area (Å²) in [6.45, 7) is 6.01. The molecule has 0 atom stereocenters. The number of aliphatic imine (C=N–C) groups is 1. The molecule has 7 heteroatoms. The van der Waals surface area contributed by atoms with E-state index in [1.807, 2.05) is 0 Å². The van der Waals surface area contributed by atoms with E-state index in [1.165, 1.54) is 23.6 Å². The lowest BCUT2D eigenvalue weighted by Crippen LogP contribution is -2.39. The van der Waals surface area contributed by atoms with E-state index in [0.717, 1.165) is 25.3 Å². The first-order chi connectivity index (χ1) is 9.97. The van der Waals surface area contributed by atoms with Gasteiger partial charge in [-0.05, 0) is 19.8 Å². The second-order valence-corrected chi connectivity index (χ2v) is 7.43. The number of unbranched alkanes of at least 4 members (excludes halogenated alkanes) is 3. The fraction of sp³-hybridized carbons (Fsp3) is 0.929. The summed E-state index contributed by atoms with van der Waals surface area (Å²) in [5.74, 6) is 0.935. The zero-order valence-corrected chi connectivity index (χ0v) is 14.8. The van der Waals surface area contributed by atoms with Crippen LogP contribution in [0.5, 0.6) is 0 Å². The number of nitrogens with zero attached hydrogens (tertiary/aromatic N) is 2. The molecule has 21 heavy (non-hydrogen) atoms. The first-order valence-corrected chi connectivity index (χ1v) is 9.47. The Morgan fingerprint density at radius 1 is 1.05 bits per heavy atom. The van der Waals surface area contributed by atoms with E-state index in [0.29, 0.717) is 13.1 Å². The quantitative estimate of drug-likeness (QED) is 0.343. The Morgan fingerprint density at radius 2 is 1.67 bits per heavy atom. The number of guanidine groups is 1. The highest BCUT2D eigenvalue weighted by Crippen LogP contribution is 1.98. The fourth-order valence-electron chi connectivity index (χ4n) is 1.85. The van der Waals surface area contributed by atoms with Gasteiger partial charge in [0, 0.05) is 33.7 Å². The molecular formula is C14H32N4O2S. The summed E-state index contributed by atoms with van der Waals surface area (Å²) in [6.07, 6.45) is 5.64. The monoisotopic (exact) mass is 320 g/mol. The van der Waals surface area contributed by atoms with Crippen LogP contribution in [-0.4, -0.2) is 58.2 Å². The standard InChI is InChI=1S/C14H32N4O2S/c1-5-7-8-9-11-16-14(15-3)17-12-10-13-18(4)21(19,20)6-2/h5-13H2,1-4H3,(H2,15,16,17). The Labute approximate surface area is 130 Å². The molecule has 0 aliphatic heterocycles. The number of hydrogen-bond acceptors (Lipinski definition) is 3. The third-order valence-corrected chi connectivity index (χ3v) is 5.19. The summed E-state index contributed by atoms with van der Waals surface area (Å²) in [5, 5.41) is 6.47. The Kier molecular flexibility index (Phi) is 11.3. The average Bonchev–Trinajstić information content (AvgIpc) is 2.48. The topological polar surface area (TPSA) is 73.8 Å². The zero-order valence-electron chi connectivity index (χ0n) is 14.0. The second kappa shape index (κ2) is 11.8. The molecule has 0 amide bonds. The molecule has 0 saturated carbocycles. The summed E-state index contributed by atoms with van der Waals surface area (Å²) in [4.78, 5) is 4.15. The number of nitrogens with one attached hydrogen (secondary N) is 2. The van der Waals surface area contributed by atoms with Gasteiger partial charge in [-0.3, -0.25) is 4.99 Å². The lowest BCUT2D eigenvalue weighted by molar-refractivity contribution is 0.461.